The largest absolute Gasteiger partial charge is 0.485 e. The Balaban J connectivity index is 1.50. The second-order valence-corrected chi connectivity index (χ2v) is 10.9. The van der Waals surface area contributed by atoms with E-state index in [-0.39, 0.29) is 48.1 Å². The zero-order valence-electron chi connectivity index (χ0n) is 21.4. The van der Waals surface area contributed by atoms with Crippen molar-refractivity contribution in [3.8, 4) is 5.75 Å². The van der Waals surface area contributed by atoms with Crippen molar-refractivity contribution in [1.82, 2.24) is 10.2 Å². The van der Waals surface area contributed by atoms with E-state index in [1.54, 1.807) is 19.1 Å². The van der Waals surface area contributed by atoms with Crippen LogP contribution < -0.4 is 15.8 Å². The minimum atomic E-state index is -0.539. The summed E-state index contributed by atoms with van der Waals surface area (Å²) in [6, 6.07) is 7.38. The van der Waals surface area contributed by atoms with Crippen molar-refractivity contribution in [2.24, 2.45) is 22.6 Å². The Bertz CT molecular complexity index is 996. The van der Waals surface area contributed by atoms with Crippen molar-refractivity contribution >= 4 is 17.8 Å². The van der Waals surface area contributed by atoms with E-state index < -0.39 is 11.1 Å². The van der Waals surface area contributed by atoms with Crippen LogP contribution in [0.15, 0.2) is 29.3 Å². The normalized spacial score (nSPS) is 30.1. The van der Waals surface area contributed by atoms with Gasteiger partial charge in [0.15, 0.2) is 5.96 Å². The van der Waals surface area contributed by atoms with Crippen LogP contribution in [-0.2, 0) is 19.1 Å². The highest BCUT2D eigenvalue weighted by Gasteiger charge is 2.52. The summed E-state index contributed by atoms with van der Waals surface area (Å²) in [6.07, 6.45) is 2.19. The first kappa shape index (κ1) is 25.4. The molecule has 1 aromatic carbocycles. The van der Waals surface area contributed by atoms with Crippen molar-refractivity contribution in [3.63, 3.8) is 0 Å². The highest BCUT2D eigenvalue weighted by atomic mass is 16.5. The number of amides is 2. The van der Waals surface area contributed by atoms with Crippen LogP contribution in [0.1, 0.15) is 58.1 Å². The maximum atomic E-state index is 13.4. The van der Waals surface area contributed by atoms with E-state index in [1.165, 1.54) is 0 Å². The zero-order valence-corrected chi connectivity index (χ0v) is 21.4. The van der Waals surface area contributed by atoms with Gasteiger partial charge in [-0.3, -0.25) is 14.5 Å². The predicted octanol–water partition coefficient (Wildman–Crippen LogP) is 2.40. The third-order valence-electron chi connectivity index (χ3n) is 7.19. The van der Waals surface area contributed by atoms with Gasteiger partial charge in [0.1, 0.15) is 11.4 Å². The van der Waals surface area contributed by atoms with Gasteiger partial charge in [0, 0.05) is 44.8 Å². The van der Waals surface area contributed by atoms with Gasteiger partial charge in [-0.1, -0.05) is 18.2 Å². The van der Waals surface area contributed by atoms with E-state index in [0.29, 0.717) is 32.5 Å². The molecule has 1 aromatic rings. The fourth-order valence-corrected chi connectivity index (χ4v) is 5.57. The minimum absolute atomic E-state index is 0.00417. The number of nitrogens with two attached hydrogens (primary N) is 1. The van der Waals surface area contributed by atoms with Gasteiger partial charge < -0.3 is 25.3 Å². The Morgan fingerprint density at radius 1 is 1.29 bits per heavy atom. The van der Waals surface area contributed by atoms with Crippen molar-refractivity contribution in [3.05, 3.63) is 29.8 Å². The monoisotopic (exact) mass is 486 g/mol. The molecule has 35 heavy (non-hydrogen) atoms. The molecule has 3 aliphatic rings. The third-order valence-corrected chi connectivity index (χ3v) is 7.19. The van der Waals surface area contributed by atoms with E-state index in [1.807, 2.05) is 45.0 Å². The van der Waals surface area contributed by atoms with Gasteiger partial charge in [0.2, 0.25) is 11.8 Å². The number of hydrogen-bond acceptors (Lipinski definition) is 7. The Hall–Kier alpha value is -2.65. The fraction of sp³-hybridized carbons (Fsp3) is 0.654. The maximum Gasteiger partial charge on any atom is 0.231 e. The van der Waals surface area contributed by atoms with Crippen LogP contribution in [0.5, 0.6) is 5.75 Å². The van der Waals surface area contributed by atoms with Crippen LogP contribution >= 0.6 is 0 Å². The Kier molecular flexibility index (Phi) is 7.11. The van der Waals surface area contributed by atoms with Crippen LogP contribution in [0.4, 0.5) is 0 Å². The van der Waals surface area contributed by atoms with Crippen LogP contribution in [0, 0.1) is 11.8 Å². The van der Waals surface area contributed by atoms with Gasteiger partial charge in [-0.15, -0.1) is 0 Å². The molecule has 5 atom stereocenters. The van der Waals surface area contributed by atoms with Crippen molar-refractivity contribution in [2.75, 3.05) is 27.4 Å². The number of rotatable bonds is 9. The number of aliphatic imine (C=N–C) groups is 1. The van der Waals surface area contributed by atoms with Crippen molar-refractivity contribution < 1.29 is 23.8 Å². The minimum Gasteiger partial charge on any atom is -0.485 e. The average molecular weight is 487 g/mol. The summed E-state index contributed by atoms with van der Waals surface area (Å²) in [4.78, 5) is 32.6. The van der Waals surface area contributed by atoms with E-state index in [9.17, 15) is 9.59 Å². The van der Waals surface area contributed by atoms with Gasteiger partial charge in [-0.25, -0.2) is 4.99 Å². The molecule has 1 saturated carbocycles. The number of fused-ring (bicyclic) bond motifs is 1. The van der Waals surface area contributed by atoms with Gasteiger partial charge in [-0.05, 0) is 45.6 Å². The molecule has 3 unspecified atom stereocenters. The molecule has 0 aromatic heterocycles. The topological polar surface area (TPSA) is 115 Å². The first-order valence-electron chi connectivity index (χ1n) is 12.3. The Morgan fingerprint density at radius 2 is 2.03 bits per heavy atom. The molecule has 2 aliphatic heterocycles. The van der Waals surface area contributed by atoms with E-state index in [2.05, 4.69) is 10.3 Å². The lowest BCUT2D eigenvalue weighted by atomic mass is 9.88. The molecule has 192 valence electrons. The summed E-state index contributed by atoms with van der Waals surface area (Å²) in [6.45, 7) is 6.69. The van der Waals surface area contributed by atoms with Crippen LogP contribution in [-0.4, -0.2) is 67.3 Å². The zero-order chi connectivity index (χ0) is 25.4. The number of carbonyl (C=O) groups is 2. The molecule has 3 N–H and O–H groups in total. The number of nitrogens with zero attached hydrogens (tertiary/aromatic N) is 2. The summed E-state index contributed by atoms with van der Waals surface area (Å²) in [5.41, 5.74) is 6.16. The van der Waals surface area contributed by atoms with Gasteiger partial charge in [-0.2, -0.15) is 0 Å². The number of guanidine groups is 1. The molecule has 9 heteroatoms. The molecule has 0 bridgehead atoms. The lowest BCUT2D eigenvalue weighted by Crippen LogP contribution is -2.55. The first-order valence-corrected chi connectivity index (χ1v) is 12.3. The quantitative estimate of drug-likeness (QED) is 0.554. The molecule has 9 nitrogen and oxygen atoms in total. The highest BCUT2D eigenvalue weighted by molar-refractivity contribution is 5.99. The predicted molar refractivity (Wildman–Crippen MR) is 132 cm³/mol. The highest BCUT2D eigenvalue weighted by Crippen LogP contribution is 2.47. The molecule has 0 spiro atoms. The van der Waals surface area contributed by atoms with Crippen molar-refractivity contribution in [2.45, 2.75) is 69.7 Å². The summed E-state index contributed by atoms with van der Waals surface area (Å²) in [5.74, 6) is 0.731. The summed E-state index contributed by atoms with van der Waals surface area (Å²) >= 11 is 0. The molecule has 1 aliphatic carbocycles. The molecule has 1 fully saturated rings. The number of nitrogens with one attached hydrogen (secondary N) is 1. The number of methoxy groups -OCH3 is 2. The van der Waals surface area contributed by atoms with E-state index in [4.69, 9.17) is 19.9 Å². The Morgan fingerprint density at radius 3 is 2.71 bits per heavy atom. The lowest BCUT2D eigenvalue weighted by Gasteiger charge is -2.40. The van der Waals surface area contributed by atoms with Crippen molar-refractivity contribution in [1.29, 1.82) is 0 Å². The third kappa shape index (κ3) is 5.46. The molecular formula is C26H38N4O5. The van der Waals surface area contributed by atoms with E-state index in [0.717, 1.165) is 11.3 Å². The molecule has 4 rings (SSSR count). The molecular weight excluding hydrogens is 448 g/mol. The summed E-state index contributed by atoms with van der Waals surface area (Å²) in [7, 11) is 3.28. The molecule has 2 amide bonds. The molecule has 0 saturated heterocycles. The standard InChI is InChI=1S/C26H38N4O5/c1-25(2)14-22(31)30(24(27)29-25)20(10-11-33-4)17-12-18(17)23(32)28-19-13-26(3,15-34-5)35-21-9-7-6-8-16(19)21/h6-9,17-20H,10-15H2,1-5H3,(H2,27,29)(H,28,32)/t17?,18-,19?,20-,26?/m1/s1. The van der Waals surface area contributed by atoms with Crippen LogP contribution in [0.3, 0.4) is 0 Å². The fourth-order valence-electron chi connectivity index (χ4n) is 5.57. The van der Waals surface area contributed by atoms with Gasteiger partial charge in [0.05, 0.1) is 24.6 Å². The molecule has 2 heterocycles. The Labute approximate surface area is 207 Å². The average Bonchev–Trinajstić information content (AvgIpc) is 3.55. The number of ether oxygens (including phenoxy) is 3. The summed E-state index contributed by atoms with van der Waals surface area (Å²) in [5, 5.41) is 3.26. The number of hydrogen-bond donors (Lipinski definition) is 2. The van der Waals surface area contributed by atoms with Gasteiger partial charge >= 0.3 is 0 Å². The van der Waals surface area contributed by atoms with Crippen LogP contribution in [0.2, 0.25) is 0 Å². The maximum absolute atomic E-state index is 13.4. The second-order valence-electron chi connectivity index (χ2n) is 10.9. The smallest absolute Gasteiger partial charge is 0.231 e. The van der Waals surface area contributed by atoms with E-state index >= 15 is 0 Å². The lowest BCUT2D eigenvalue weighted by molar-refractivity contribution is -0.132. The van der Waals surface area contributed by atoms with Gasteiger partial charge in [0.25, 0.3) is 0 Å². The first-order chi connectivity index (χ1) is 16.6. The summed E-state index contributed by atoms with van der Waals surface area (Å²) < 4.78 is 16.9. The second kappa shape index (κ2) is 9.78. The number of carbonyl (C=O) groups excluding carboxylic acids is 2. The number of benzene rings is 1. The molecule has 0 radical (unpaired) electrons. The number of para-hydroxylation sites is 1. The SMILES string of the molecule is COCC[C@H](C1C[C@H]1C(=O)NC1CC(C)(COC)Oc2ccccc21)N1C(=O)CC(C)(C)N=C1N. The van der Waals surface area contributed by atoms with Crippen LogP contribution in [0.25, 0.3) is 0 Å².